The standard InChI is InChI=1S/C15H5F17O4S.K/c16-7(8(17)18)9(19,20)10(21,22)11(23,24)12(25,26)13(27,28)14(29,30)15(31,32)36-5-2-1-3-6(4-5)37(33,34)35;/h1-4H,(H,33,34,35);/q;+1/p-1. The third kappa shape index (κ3) is 5.78. The molecule has 0 saturated heterocycles. The molecule has 0 N–H and O–H groups in total. The second kappa shape index (κ2) is 10.8. The molecule has 0 aromatic heterocycles. The van der Waals surface area contributed by atoms with E-state index in [1.54, 1.807) is 0 Å². The fraction of sp³-hybridized carbons (Fsp3) is 0.467. The molecule has 1 aromatic carbocycles. The van der Waals surface area contributed by atoms with Crippen LogP contribution in [0.1, 0.15) is 0 Å². The number of hydrogen-bond donors (Lipinski definition) is 0. The molecule has 38 heavy (non-hydrogen) atoms. The summed E-state index contributed by atoms with van der Waals surface area (Å²) in [5.41, 5.74) is 0. The quantitative estimate of drug-likeness (QED) is 0.223. The molecule has 0 aliphatic heterocycles. The van der Waals surface area contributed by atoms with Crippen LogP contribution in [0.4, 0.5) is 74.6 Å². The van der Waals surface area contributed by atoms with Crippen LogP contribution in [0.2, 0.25) is 0 Å². The number of allylic oxidation sites excluding steroid dienone is 1. The van der Waals surface area contributed by atoms with E-state index in [4.69, 9.17) is 0 Å². The van der Waals surface area contributed by atoms with Crippen LogP contribution < -0.4 is 56.1 Å². The third-order valence-corrected chi connectivity index (χ3v) is 4.95. The summed E-state index contributed by atoms with van der Waals surface area (Å²) < 4.78 is 261. The van der Waals surface area contributed by atoms with Crippen molar-refractivity contribution >= 4 is 10.1 Å². The molecule has 0 aliphatic rings. The van der Waals surface area contributed by atoms with Gasteiger partial charge in [0.05, 0.1) is 4.90 Å². The molecule has 0 amide bonds. The number of rotatable bonds is 10. The summed E-state index contributed by atoms with van der Waals surface area (Å²) >= 11 is 0. The van der Waals surface area contributed by atoms with Crippen molar-refractivity contribution in [2.75, 3.05) is 0 Å². The summed E-state index contributed by atoms with van der Waals surface area (Å²) in [6.45, 7) is 0. The van der Waals surface area contributed by atoms with Crippen LogP contribution in [0.25, 0.3) is 0 Å². The van der Waals surface area contributed by atoms with Gasteiger partial charge >= 0.3 is 99.1 Å². The molecule has 0 heterocycles. The Balaban J connectivity index is 0.0000137. The molecule has 1 aromatic rings. The van der Waals surface area contributed by atoms with Gasteiger partial charge in [0.25, 0.3) is 0 Å². The monoisotopic (exact) mass is 642 g/mol. The Morgan fingerprint density at radius 2 is 1.08 bits per heavy atom. The Bertz CT molecular complexity index is 1160. The summed E-state index contributed by atoms with van der Waals surface area (Å²) in [7, 11) is -5.60. The van der Waals surface area contributed by atoms with Crippen molar-refractivity contribution in [2.45, 2.75) is 46.5 Å². The van der Waals surface area contributed by atoms with E-state index >= 15 is 0 Å². The maximum absolute atomic E-state index is 13.7. The van der Waals surface area contributed by atoms with E-state index < -0.39 is 80.4 Å². The van der Waals surface area contributed by atoms with Gasteiger partial charge in [-0.3, -0.25) is 0 Å². The summed E-state index contributed by atoms with van der Waals surface area (Å²) in [6, 6.07) is 0.0975. The Morgan fingerprint density at radius 3 is 1.47 bits per heavy atom. The molecule has 4 nitrogen and oxygen atoms in total. The van der Waals surface area contributed by atoms with Gasteiger partial charge in [-0.1, -0.05) is 6.07 Å². The molecule has 0 saturated carbocycles. The van der Waals surface area contributed by atoms with Crippen molar-refractivity contribution < 1.29 is 144 Å². The number of hydrogen-bond acceptors (Lipinski definition) is 4. The fourth-order valence-electron chi connectivity index (χ4n) is 2.13. The predicted octanol–water partition coefficient (Wildman–Crippen LogP) is 3.46. The van der Waals surface area contributed by atoms with Crippen LogP contribution in [0.5, 0.6) is 5.75 Å². The van der Waals surface area contributed by atoms with Crippen LogP contribution in [0.15, 0.2) is 41.1 Å². The minimum atomic E-state index is -8.71. The molecule has 0 fully saturated rings. The molecule has 0 atom stereocenters. The summed E-state index contributed by atoms with van der Waals surface area (Å²) in [5, 5.41) is 0. The van der Waals surface area contributed by atoms with E-state index in [1.807, 2.05) is 0 Å². The smallest absolute Gasteiger partial charge is 0.744 e. The molecule has 214 valence electrons. The zero-order valence-electron chi connectivity index (χ0n) is 17.3. The van der Waals surface area contributed by atoms with Crippen molar-refractivity contribution in [1.82, 2.24) is 0 Å². The van der Waals surface area contributed by atoms with E-state index in [2.05, 4.69) is 4.74 Å². The minimum Gasteiger partial charge on any atom is -0.744 e. The van der Waals surface area contributed by atoms with Crippen LogP contribution in [0, 0.1) is 0 Å². The largest absolute Gasteiger partial charge is 1.00 e. The van der Waals surface area contributed by atoms with Crippen molar-refractivity contribution in [2.24, 2.45) is 0 Å². The molecule has 1 rings (SSSR count). The average Bonchev–Trinajstić information content (AvgIpc) is 2.71. The molecule has 0 radical (unpaired) electrons. The number of halogens is 17. The van der Waals surface area contributed by atoms with Gasteiger partial charge in [0.1, 0.15) is 15.9 Å². The summed E-state index contributed by atoms with van der Waals surface area (Å²) in [4.78, 5) is -1.59. The first-order valence-electron chi connectivity index (χ1n) is 8.15. The van der Waals surface area contributed by atoms with E-state index in [9.17, 15) is 87.6 Å². The zero-order valence-corrected chi connectivity index (χ0v) is 21.2. The number of ether oxygens (including phenoxy) is 1. The maximum Gasteiger partial charge on any atom is 1.00 e. The van der Waals surface area contributed by atoms with Gasteiger partial charge in [0.15, 0.2) is 0 Å². The number of benzene rings is 1. The van der Waals surface area contributed by atoms with E-state index in [-0.39, 0.29) is 69.6 Å². The van der Waals surface area contributed by atoms with Gasteiger partial charge in [0, 0.05) is 0 Å². The summed E-state index contributed by atoms with van der Waals surface area (Å²) in [5.74, 6) is -57.1. The third-order valence-electron chi connectivity index (χ3n) is 4.12. The van der Waals surface area contributed by atoms with Crippen molar-refractivity contribution in [3.05, 3.63) is 36.2 Å². The molecule has 23 heteroatoms. The maximum atomic E-state index is 13.7. The zero-order chi connectivity index (χ0) is 29.8. The normalized spacial score (nSPS) is 14.6. The minimum absolute atomic E-state index is 0. The Labute approximate surface area is 241 Å². The molecular formula is C15H4F17KO4S. The van der Waals surface area contributed by atoms with E-state index in [0.29, 0.717) is 0 Å². The van der Waals surface area contributed by atoms with Gasteiger partial charge in [-0.25, -0.2) is 8.42 Å². The van der Waals surface area contributed by atoms with Crippen LogP contribution in [-0.4, -0.2) is 54.6 Å². The first-order chi connectivity index (χ1) is 16.0. The van der Waals surface area contributed by atoms with Gasteiger partial charge in [-0.15, -0.1) is 0 Å². The van der Waals surface area contributed by atoms with Crippen molar-refractivity contribution in [3.63, 3.8) is 0 Å². The number of alkyl halides is 14. The van der Waals surface area contributed by atoms with Gasteiger partial charge in [0.2, 0.25) is 5.83 Å². The SMILES string of the molecule is O=S(=O)([O-])c1cccc(OC(F)(F)C(F)(F)C(F)(F)C(F)(F)C(F)(F)C(F)(F)C(F)(F)C(F)=C(F)F)c1.[K+]. The van der Waals surface area contributed by atoms with Crippen molar-refractivity contribution in [3.8, 4) is 5.75 Å². The summed E-state index contributed by atoms with van der Waals surface area (Å²) in [6.07, 6.45) is -11.8. The molecular weight excluding hydrogens is 638 g/mol. The van der Waals surface area contributed by atoms with Crippen LogP contribution >= 0.6 is 0 Å². The van der Waals surface area contributed by atoms with E-state index in [1.165, 1.54) is 0 Å². The van der Waals surface area contributed by atoms with Gasteiger partial charge in [-0.2, -0.15) is 74.6 Å². The molecule has 0 bridgehead atoms. The Morgan fingerprint density at radius 1 is 0.684 bits per heavy atom. The second-order valence-corrected chi connectivity index (χ2v) is 7.95. The Hall–Kier alpha value is -0.884. The van der Waals surface area contributed by atoms with Crippen molar-refractivity contribution in [1.29, 1.82) is 0 Å². The van der Waals surface area contributed by atoms with E-state index in [0.717, 1.165) is 0 Å². The predicted molar refractivity (Wildman–Crippen MR) is 80.0 cm³/mol. The first kappa shape index (κ1) is 37.1. The molecule has 0 unspecified atom stereocenters. The fourth-order valence-corrected chi connectivity index (χ4v) is 2.64. The average molecular weight is 642 g/mol. The first-order valence-corrected chi connectivity index (χ1v) is 9.55. The molecule has 0 spiro atoms. The van der Waals surface area contributed by atoms with Gasteiger partial charge in [-0.05, 0) is 18.2 Å². The van der Waals surface area contributed by atoms with Gasteiger partial charge < -0.3 is 9.29 Å². The van der Waals surface area contributed by atoms with Crippen LogP contribution in [-0.2, 0) is 10.1 Å². The molecule has 0 aliphatic carbocycles. The van der Waals surface area contributed by atoms with Crippen LogP contribution in [0.3, 0.4) is 0 Å². The second-order valence-electron chi connectivity index (χ2n) is 6.57. The Kier molecular flexibility index (Phi) is 10.6. The topological polar surface area (TPSA) is 66.4 Å².